The predicted octanol–water partition coefficient (Wildman–Crippen LogP) is 4.08. The Balaban J connectivity index is 2.51. The molecule has 1 N–H and O–H groups in total. The highest BCUT2D eigenvalue weighted by atomic mass is 35.5. The number of benzene rings is 1. The summed E-state index contributed by atoms with van der Waals surface area (Å²) >= 11 is 7.44. The zero-order valence-electron chi connectivity index (χ0n) is 8.53. The maximum absolute atomic E-state index is 10.9. The zero-order valence-corrected chi connectivity index (χ0v) is 10.1. The van der Waals surface area contributed by atoms with Gasteiger partial charge in [-0.2, -0.15) is 0 Å². The lowest BCUT2D eigenvalue weighted by Gasteiger charge is -2.02. The molecule has 82 valence electrons. The third-order valence-corrected chi connectivity index (χ3v) is 3.45. The second-order valence-electron chi connectivity index (χ2n) is 3.45. The lowest BCUT2D eigenvalue weighted by molar-refractivity contribution is 0.0697. The van der Waals surface area contributed by atoms with Crippen molar-refractivity contribution in [3.63, 3.8) is 0 Å². The van der Waals surface area contributed by atoms with E-state index in [4.69, 9.17) is 16.7 Å². The van der Waals surface area contributed by atoms with Gasteiger partial charge in [0.15, 0.2) is 0 Å². The van der Waals surface area contributed by atoms with Crippen molar-refractivity contribution < 1.29 is 9.90 Å². The SMILES string of the molecule is Cc1cc(-c2ccc(Cl)c(C(=O)O)c2)cs1. The van der Waals surface area contributed by atoms with Crippen molar-refractivity contribution in [1.82, 2.24) is 0 Å². The molecular formula is C12H9ClO2S. The standard InChI is InChI=1S/C12H9ClO2S/c1-7-4-9(6-16-7)8-2-3-11(13)10(5-8)12(14)15/h2-6H,1H3,(H,14,15). The van der Waals surface area contributed by atoms with Crippen molar-refractivity contribution in [3.05, 3.63) is 45.1 Å². The maximum Gasteiger partial charge on any atom is 0.337 e. The van der Waals surface area contributed by atoms with Crippen molar-refractivity contribution in [3.8, 4) is 11.1 Å². The van der Waals surface area contributed by atoms with Crippen molar-refractivity contribution in [2.45, 2.75) is 6.92 Å². The summed E-state index contributed by atoms with van der Waals surface area (Å²) in [7, 11) is 0. The number of carbonyl (C=O) groups is 1. The summed E-state index contributed by atoms with van der Waals surface area (Å²) in [5.74, 6) is -1.00. The largest absolute Gasteiger partial charge is 0.478 e. The number of carboxylic acids is 1. The highest BCUT2D eigenvalue weighted by Crippen LogP contribution is 2.28. The molecule has 0 fully saturated rings. The fourth-order valence-corrected chi connectivity index (χ4v) is 2.37. The Bertz CT molecular complexity index is 546. The van der Waals surface area contributed by atoms with Crippen LogP contribution in [-0.4, -0.2) is 11.1 Å². The van der Waals surface area contributed by atoms with Gasteiger partial charge in [0, 0.05) is 4.88 Å². The first-order chi connectivity index (χ1) is 7.58. The van der Waals surface area contributed by atoms with Crippen LogP contribution in [0.2, 0.25) is 5.02 Å². The lowest BCUT2D eigenvalue weighted by Crippen LogP contribution is -1.97. The summed E-state index contributed by atoms with van der Waals surface area (Å²) in [6.45, 7) is 2.02. The minimum absolute atomic E-state index is 0.142. The Labute approximate surface area is 102 Å². The van der Waals surface area contributed by atoms with Gasteiger partial charge < -0.3 is 5.11 Å². The summed E-state index contributed by atoms with van der Waals surface area (Å²) in [5, 5.41) is 11.2. The second kappa shape index (κ2) is 4.28. The molecule has 0 spiro atoms. The molecule has 2 aromatic rings. The first-order valence-corrected chi connectivity index (χ1v) is 5.92. The van der Waals surface area contributed by atoms with Gasteiger partial charge in [0.2, 0.25) is 0 Å². The van der Waals surface area contributed by atoms with E-state index < -0.39 is 5.97 Å². The van der Waals surface area contributed by atoms with Crippen LogP contribution >= 0.6 is 22.9 Å². The molecule has 0 saturated heterocycles. The Morgan fingerprint density at radius 2 is 2.06 bits per heavy atom. The van der Waals surface area contributed by atoms with Crippen LogP contribution in [0.25, 0.3) is 11.1 Å². The smallest absolute Gasteiger partial charge is 0.337 e. The molecule has 0 saturated carbocycles. The van der Waals surface area contributed by atoms with E-state index in [1.807, 2.05) is 24.4 Å². The summed E-state index contributed by atoms with van der Waals surface area (Å²) in [6.07, 6.45) is 0. The molecule has 2 rings (SSSR count). The quantitative estimate of drug-likeness (QED) is 0.875. The Morgan fingerprint density at radius 3 is 2.62 bits per heavy atom. The zero-order chi connectivity index (χ0) is 11.7. The molecule has 2 nitrogen and oxygen atoms in total. The number of rotatable bonds is 2. The Morgan fingerprint density at radius 1 is 1.31 bits per heavy atom. The average molecular weight is 253 g/mol. The molecule has 0 bridgehead atoms. The minimum atomic E-state index is -1.00. The number of aromatic carboxylic acids is 1. The molecule has 0 unspecified atom stereocenters. The van der Waals surface area contributed by atoms with Crippen molar-refractivity contribution >= 4 is 28.9 Å². The fourth-order valence-electron chi connectivity index (χ4n) is 1.46. The van der Waals surface area contributed by atoms with Crippen molar-refractivity contribution in [2.24, 2.45) is 0 Å². The molecule has 0 aliphatic carbocycles. The Hall–Kier alpha value is -1.32. The molecule has 16 heavy (non-hydrogen) atoms. The minimum Gasteiger partial charge on any atom is -0.478 e. The van der Waals surface area contributed by atoms with Gasteiger partial charge in [-0.05, 0) is 41.6 Å². The molecule has 0 atom stereocenters. The van der Waals surface area contributed by atoms with Crippen molar-refractivity contribution in [1.29, 1.82) is 0 Å². The van der Waals surface area contributed by atoms with Crippen LogP contribution in [0.5, 0.6) is 0 Å². The number of halogens is 1. The van der Waals surface area contributed by atoms with E-state index in [-0.39, 0.29) is 10.6 Å². The maximum atomic E-state index is 10.9. The van der Waals surface area contributed by atoms with Crippen LogP contribution in [0.15, 0.2) is 29.6 Å². The van der Waals surface area contributed by atoms with E-state index in [1.165, 1.54) is 4.88 Å². The fraction of sp³-hybridized carbons (Fsp3) is 0.0833. The normalized spacial score (nSPS) is 10.4. The van der Waals surface area contributed by atoms with E-state index >= 15 is 0 Å². The van der Waals surface area contributed by atoms with Gasteiger partial charge in [-0.15, -0.1) is 11.3 Å². The number of carboxylic acid groups (broad SMARTS) is 1. The van der Waals surface area contributed by atoms with Gasteiger partial charge in [0.25, 0.3) is 0 Å². The van der Waals surface area contributed by atoms with Crippen LogP contribution in [0.3, 0.4) is 0 Å². The topological polar surface area (TPSA) is 37.3 Å². The number of hydrogen-bond donors (Lipinski definition) is 1. The molecular weight excluding hydrogens is 244 g/mol. The number of thiophene rings is 1. The summed E-state index contributed by atoms with van der Waals surface area (Å²) in [6, 6.07) is 7.08. The first kappa shape index (κ1) is 11.2. The van der Waals surface area contributed by atoms with Gasteiger partial charge in [0.05, 0.1) is 10.6 Å². The van der Waals surface area contributed by atoms with Crippen LogP contribution in [0.1, 0.15) is 15.2 Å². The van der Waals surface area contributed by atoms with E-state index in [1.54, 1.807) is 23.5 Å². The van der Waals surface area contributed by atoms with E-state index in [9.17, 15) is 4.79 Å². The van der Waals surface area contributed by atoms with E-state index in [0.717, 1.165) is 11.1 Å². The lowest BCUT2D eigenvalue weighted by atomic mass is 10.1. The van der Waals surface area contributed by atoms with Gasteiger partial charge in [-0.3, -0.25) is 0 Å². The van der Waals surface area contributed by atoms with E-state index in [0.29, 0.717) is 0 Å². The third-order valence-electron chi connectivity index (χ3n) is 2.26. The third kappa shape index (κ3) is 2.10. The van der Waals surface area contributed by atoms with Crippen LogP contribution in [0.4, 0.5) is 0 Å². The molecule has 1 aromatic carbocycles. The summed E-state index contributed by atoms with van der Waals surface area (Å²) in [4.78, 5) is 12.1. The Kier molecular flexibility index (Phi) is 2.99. The molecule has 0 aliphatic rings. The molecule has 4 heteroatoms. The van der Waals surface area contributed by atoms with Gasteiger partial charge >= 0.3 is 5.97 Å². The second-order valence-corrected chi connectivity index (χ2v) is 4.97. The predicted molar refractivity (Wildman–Crippen MR) is 66.5 cm³/mol. The molecule has 0 aliphatic heterocycles. The van der Waals surface area contributed by atoms with Crippen LogP contribution in [0, 0.1) is 6.92 Å². The van der Waals surface area contributed by atoms with E-state index in [2.05, 4.69) is 0 Å². The van der Waals surface area contributed by atoms with Crippen LogP contribution in [-0.2, 0) is 0 Å². The summed E-state index contributed by atoms with van der Waals surface area (Å²) in [5.41, 5.74) is 2.05. The van der Waals surface area contributed by atoms with Gasteiger partial charge in [-0.25, -0.2) is 4.79 Å². The highest BCUT2D eigenvalue weighted by Gasteiger charge is 2.10. The molecule has 1 heterocycles. The molecule has 0 radical (unpaired) electrons. The van der Waals surface area contributed by atoms with Gasteiger partial charge in [-0.1, -0.05) is 17.7 Å². The number of aryl methyl sites for hydroxylation is 1. The highest BCUT2D eigenvalue weighted by molar-refractivity contribution is 7.10. The first-order valence-electron chi connectivity index (χ1n) is 4.66. The number of hydrogen-bond acceptors (Lipinski definition) is 2. The monoisotopic (exact) mass is 252 g/mol. The van der Waals surface area contributed by atoms with Crippen LogP contribution < -0.4 is 0 Å². The van der Waals surface area contributed by atoms with Gasteiger partial charge in [0.1, 0.15) is 0 Å². The average Bonchev–Trinajstić information content (AvgIpc) is 2.65. The van der Waals surface area contributed by atoms with Crippen molar-refractivity contribution in [2.75, 3.05) is 0 Å². The summed E-state index contributed by atoms with van der Waals surface area (Å²) < 4.78 is 0. The molecule has 0 amide bonds. The molecule has 1 aromatic heterocycles.